The van der Waals surface area contributed by atoms with Crippen LogP contribution in [0, 0.1) is 11.3 Å². The largest absolute Gasteiger partial charge is 0.465 e. The summed E-state index contributed by atoms with van der Waals surface area (Å²) < 4.78 is 10.3. The van der Waals surface area contributed by atoms with Crippen LogP contribution in [0.5, 0.6) is 0 Å². The number of carbonyl (C=O) groups excluding carboxylic acids is 2. The molecule has 0 saturated carbocycles. The SMILES string of the molecule is CCCCC(CC)C(=O)OCC(CO)(CO)COC(=O)CCC. The van der Waals surface area contributed by atoms with Crippen LogP contribution >= 0.6 is 0 Å². The summed E-state index contributed by atoms with van der Waals surface area (Å²) in [6.45, 7) is 4.66. The highest BCUT2D eigenvalue weighted by Gasteiger charge is 2.33. The molecule has 0 aliphatic heterocycles. The van der Waals surface area contributed by atoms with Gasteiger partial charge in [-0.15, -0.1) is 0 Å². The zero-order valence-electron chi connectivity index (χ0n) is 14.7. The number of esters is 2. The van der Waals surface area contributed by atoms with Crippen molar-refractivity contribution >= 4 is 11.9 Å². The summed E-state index contributed by atoms with van der Waals surface area (Å²) >= 11 is 0. The van der Waals surface area contributed by atoms with Gasteiger partial charge in [0.25, 0.3) is 0 Å². The maximum Gasteiger partial charge on any atom is 0.308 e. The van der Waals surface area contributed by atoms with Crippen LogP contribution in [0.4, 0.5) is 0 Å². The van der Waals surface area contributed by atoms with Crippen molar-refractivity contribution in [2.45, 2.75) is 59.3 Å². The van der Waals surface area contributed by atoms with Gasteiger partial charge in [-0.05, 0) is 19.3 Å². The van der Waals surface area contributed by atoms with E-state index in [1.54, 1.807) is 0 Å². The average Bonchev–Trinajstić information content (AvgIpc) is 2.56. The fourth-order valence-electron chi connectivity index (χ4n) is 2.07. The molecule has 0 aromatic rings. The Morgan fingerprint density at radius 3 is 2.09 bits per heavy atom. The average molecular weight is 332 g/mol. The molecule has 0 aliphatic carbocycles. The number of aliphatic hydroxyl groups is 2. The molecule has 0 aliphatic rings. The molecule has 136 valence electrons. The maximum atomic E-state index is 12.1. The van der Waals surface area contributed by atoms with Gasteiger partial charge in [0.2, 0.25) is 0 Å². The fourth-order valence-corrected chi connectivity index (χ4v) is 2.07. The molecule has 0 radical (unpaired) electrons. The predicted octanol–water partition coefficient (Wildman–Crippen LogP) is 2.06. The lowest BCUT2D eigenvalue weighted by atomic mass is 9.92. The van der Waals surface area contributed by atoms with Crippen molar-refractivity contribution in [2.24, 2.45) is 11.3 Å². The van der Waals surface area contributed by atoms with E-state index in [1.165, 1.54) is 0 Å². The van der Waals surface area contributed by atoms with Crippen LogP contribution < -0.4 is 0 Å². The van der Waals surface area contributed by atoms with Gasteiger partial charge in [0.05, 0.1) is 24.5 Å². The minimum atomic E-state index is -1.15. The number of carbonyl (C=O) groups is 2. The molecule has 2 N–H and O–H groups in total. The van der Waals surface area contributed by atoms with Crippen molar-refractivity contribution in [1.82, 2.24) is 0 Å². The van der Waals surface area contributed by atoms with Gasteiger partial charge in [0.1, 0.15) is 13.2 Å². The van der Waals surface area contributed by atoms with Gasteiger partial charge in [0.15, 0.2) is 0 Å². The van der Waals surface area contributed by atoms with Gasteiger partial charge in [-0.3, -0.25) is 9.59 Å². The summed E-state index contributed by atoms with van der Waals surface area (Å²) in [7, 11) is 0. The van der Waals surface area contributed by atoms with Gasteiger partial charge in [-0.2, -0.15) is 0 Å². The zero-order chi connectivity index (χ0) is 17.7. The number of ether oxygens (including phenoxy) is 2. The van der Waals surface area contributed by atoms with E-state index in [2.05, 4.69) is 6.92 Å². The smallest absolute Gasteiger partial charge is 0.308 e. The number of aliphatic hydroxyl groups excluding tert-OH is 2. The molecule has 0 aromatic carbocycles. The Labute approximate surface area is 139 Å². The Balaban J connectivity index is 4.55. The molecule has 0 bridgehead atoms. The van der Waals surface area contributed by atoms with Crippen LogP contribution in [-0.2, 0) is 19.1 Å². The maximum absolute atomic E-state index is 12.1. The molecule has 1 atom stereocenters. The van der Waals surface area contributed by atoms with E-state index in [1.807, 2.05) is 13.8 Å². The number of hydrogen-bond acceptors (Lipinski definition) is 6. The van der Waals surface area contributed by atoms with E-state index in [9.17, 15) is 19.8 Å². The number of unbranched alkanes of at least 4 members (excludes halogenated alkanes) is 1. The minimum Gasteiger partial charge on any atom is -0.465 e. The van der Waals surface area contributed by atoms with Crippen molar-refractivity contribution in [2.75, 3.05) is 26.4 Å². The predicted molar refractivity (Wildman–Crippen MR) is 86.7 cm³/mol. The fraction of sp³-hybridized carbons (Fsp3) is 0.882. The lowest BCUT2D eigenvalue weighted by Crippen LogP contribution is -2.41. The van der Waals surface area contributed by atoms with Crippen LogP contribution in [-0.4, -0.2) is 48.6 Å². The molecule has 0 rings (SSSR count). The molecule has 0 fully saturated rings. The molecule has 0 spiro atoms. The van der Waals surface area contributed by atoms with E-state index in [0.717, 1.165) is 19.3 Å². The first-order chi connectivity index (χ1) is 11.0. The Bertz CT molecular complexity index is 338. The van der Waals surface area contributed by atoms with Crippen molar-refractivity contribution < 1.29 is 29.3 Å². The first-order valence-corrected chi connectivity index (χ1v) is 8.52. The lowest BCUT2D eigenvalue weighted by Gasteiger charge is -2.29. The molecule has 0 aromatic heterocycles. The van der Waals surface area contributed by atoms with Crippen molar-refractivity contribution in [3.63, 3.8) is 0 Å². The third kappa shape index (κ3) is 8.32. The molecular weight excluding hydrogens is 300 g/mol. The van der Waals surface area contributed by atoms with E-state index in [0.29, 0.717) is 12.8 Å². The van der Waals surface area contributed by atoms with E-state index < -0.39 is 18.6 Å². The highest BCUT2D eigenvalue weighted by Crippen LogP contribution is 2.20. The Morgan fingerprint density at radius 1 is 1.00 bits per heavy atom. The normalized spacial score (nSPS) is 12.7. The van der Waals surface area contributed by atoms with Gasteiger partial charge >= 0.3 is 11.9 Å². The van der Waals surface area contributed by atoms with E-state index in [4.69, 9.17) is 9.47 Å². The van der Waals surface area contributed by atoms with Gasteiger partial charge in [-0.25, -0.2) is 0 Å². The molecule has 6 heteroatoms. The molecule has 1 unspecified atom stereocenters. The second-order valence-corrected chi connectivity index (χ2v) is 6.08. The second-order valence-electron chi connectivity index (χ2n) is 6.08. The minimum absolute atomic E-state index is 0.166. The first kappa shape index (κ1) is 21.9. The van der Waals surface area contributed by atoms with Gasteiger partial charge in [0, 0.05) is 6.42 Å². The Kier molecular flexibility index (Phi) is 11.7. The van der Waals surface area contributed by atoms with E-state index >= 15 is 0 Å². The van der Waals surface area contributed by atoms with Crippen LogP contribution in [0.1, 0.15) is 59.3 Å². The molecule has 23 heavy (non-hydrogen) atoms. The standard InChI is InChI=1S/C17H32O6/c1-4-7-9-14(6-3)16(21)23-13-17(10-18,11-19)12-22-15(20)8-5-2/h14,18-19H,4-13H2,1-3H3. The third-order valence-electron chi connectivity index (χ3n) is 3.92. The summed E-state index contributed by atoms with van der Waals surface area (Å²) in [6.07, 6.45) is 4.36. The van der Waals surface area contributed by atoms with Crippen LogP contribution in [0.3, 0.4) is 0 Å². The van der Waals surface area contributed by atoms with Crippen LogP contribution in [0.2, 0.25) is 0 Å². The summed E-state index contributed by atoms with van der Waals surface area (Å²) in [5.74, 6) is -0.890. The summed E-state index contributed by atoms with van der Waals surface area (Å²) in [6, 6.07) is 0. The Morgan fingerprint density at radius 2 is 1.61 bits per heavy atom. The summed E-state index contributed by atoms with van der Waals surface area (Å²) in [5, 5.41) is 19.1. The Hall–Kier alpha value is -1.14. The highest BCUT2D eigenvalue weighted by atomic mass is 16.6. The van der Waals surface area contributed by atoms with Crippen molar-refractivity contribution in [3.8, 4) is 0 Å². The zero-order valence-corrected chi connectivity index (χ0v) is 14.7. The van der Waals surface area contributed by atoms with Gasteiger partial charge < -0.3 is 19.7 Å². The molecule has 0 saturated heterocycles. The number of hydrogen-bond donors (Lipinski definition) is 2. The van der Waals surface area contributed by atoms with E-state index in [-0.39, 0.29) is 37.5 Å². The van der Waals surface area contributed by atoms with Gasteiger partial charge in [-0.1, -0.05) is 33.6 Å². The third-order valence-corrected chi connectivity index (χ3v) is 3.92. The molecule has 6 nitrogen and oxygen atoms in total. The summed E-state index contributed by atoms with van der Waals surface area (Å²) in [5.41, 5.74) is -1.15. The molecule has 0 heterocycles. The van der Waals surface area contributed by atoms with Crippen LogP contribution in [0.25, 0.3) is 0 Å². The number of rotatable bonds is 13. The first-order valence-electron chi connectivity index (χ1n) is 8.52. The van der Waals surface area contributed by atoms with Crippen LogP contribution in [0.15, 0.2) is 0 Å². The highest BCUT2D eigenvalue weighted by molar-refractivity contribution is 5.72. The van der Waals surface area contributed by atoms with Crippen molar-refractivity contribution in [1.29, 1.82) is 0 Å². The molecular formula is C17H32O6. The quantitative estimate of drug-likeness (QED) is 0.502. The lowest BCUT2D eigenvalue weighted by molar-refractivity contribution is -0.162. The summed E-state index contributed by atoms with van der Waals surface area (Å²) in [4.78, 5) is 23.5. The molecule has 0 amide bonds. The second kappa shape index (κ2) is 12.3. The monoisotopic (exact) mass is 332 g/mol. The van der Waals surface area contributed by atoms with Crippen molar-refractivity contribution in [3.05, 3.63) is 0 Å². The topological polar surface area (TPSA) is 93.1 Å².